The highest BCUT2D eigenvalue weighted by molar-refractivity contribution is 9.11. The molecule has 0 aliphatic carbocycles. The molecule has 0 spiro atoms. The van der Waals surface area contributed by atoms with Crippen LogP contribution in [-0.4, -0.2) is 24.9 Å². The first kappa shape index (κ1) is 15.7. The summed E-state index contributed by atoms with van der Waals surface area (Å²) >= 11 is 6.52. The molecule has 2 rings (SSSR count). The van der Waals surface area contributed by atoms with Crippen LogP contribution in [-0.2, 0) is 16.4 Å². The van der Waals surface area contributed by atoms with E-state index < -0.39 is 10.0 Å². The smallest absolute Gasteiger partial charge is 0.241 e. The summed E-state index contributed by atoms with van der Waals surface area (Å²) in [4.78, 5) is 7.30. The molecule has 1 heterocycles. The highest BCUT2D eigenvalue weighted by atomic mass is 79.9. The number of hydrogen-bond acceptors (Lipinski definition) is 3. The molecule has 0 aliphatic heterocycles. The molecule has 0 unspecified atom stereocenters. The van der Waals surface area contributed by atoms with Gasteiger partial charge in [-0.1, -0.05) is 15.9 Å². The summed E-state index contributed by atoms with van der Waals surface area (Å²) < 4.78 is 28.2. The molecule has 0 saturated heterocycles. The van der Waals surface area contributed by atoms with E-state index in [9.17, 15) is 8.42 Å². The third-order valence-corrected chi connectivity index (χ3v) is 5.57. The first-order chi connectivity index (χ1) is 9.49. The van der Waals surface area contributed by atoms with Crippen LogP contribution < -0.4 is 4.72 Å². The van der Waals surface area contributed by atoms with Crippen molar-refractivity contribution in [1.29, 1.82) is 0 Å². The van der Waals surface area contributed by atoms with Crippen LogP contribution in [0.15, 0.2) is 44.4 Å². The zero-order valence-electron chi connectivity index (χ0n) is 10.4. The van der Waals surface area contributed by atoms with Gasteiger partial charge < -0.3 is 4.98 Å². The van der Waals surface area contributed by atoms with Gasteiger partial charge in [-0.05, 0) is 40.5 Å². The number of hydrogen-bond donors (Lipinski definition) is 2. The van der Waals surface area contributed by atoms with E-state index in [1.54, 1.807) is 30.6 Å². The van der Waals surface area contributed by atoms with Crippen molar-refractivity contribution in [2.45, 2.75) is 17.7 Å². The summed E-state index contributed by atoms with van der Waals surface area (Å²) in [5, 5.41) is 0. The molecular formula is C12H13Br2N3O2S. The highest BCUT2D eigenvalue weighted by Gasteiger charge is 2.17. The average Bonchev–Trinajstić information content (AvgIpc) is 2.90. The molecule has 108 valence electrons. The summed E-state index contributed by atoms with van der Waals surface area (Å²) in [6.45, 7) is 0.363. The molecule has 0 fully saturated rings. The summed E-state index contributed by atoms with van der Waals surface area (Å²) in [5.41, 5.74) is 0. The molecule has 2 N–H and O–H groups in total. The van der Waals surface area contributed by atoms with Crippen LogP contribution in [0.2, 0.25) is 0 Å². The maximum atomic E-state index is 12.2. The predicted molar refractivity (Wildman–Crippen MR) is 83.9 cm³/mol. The molecular weight excluding hydrogens is 410 g/mol. The number of imidazole rings is 1. The third-order valence-electron chi connectivity index (χ3n) is 2.62. The van der Waals surface area contributed by atoms with E-state index in [2.05, 4.69) is 46.5 Å². The number of nitrogens with one attached hydrogen (secondary N) is 2. The Bertz CT molecular complexity index is 672. The van der Waals surface area contributed by atoms with Crippen molar-refractivity contribution in [3.8, 4) is 0 Å². The van der Waals surface area contributed by atoms with Crippen molar-refractivity contribution in [3.05, 3.63) is 45.4 Å². The van der Waals surface area contributed by atoms with Crippen LogP contribution in [0.3, 0.4) is 0 Å². The standard InChI is InChI=1S/C12H13Br2N3O2S/c13-9-3-4-10(14)11(8-9)20(18,19)17-5-1-2-12-15-6-7-16-12/h3-4,6-8,17H,1-2,5H2,(H,15,16). The highest BCUT2D eigenvalue weighted by Crippen LogP contribution is 2.25. The number of H-pyrrole nitrogens is 1. The van der Waals surface area contributed by atoms with Gasteiger partial charge in [-0.3, -0.25) is 0 Å². The molecule has 0 saturated carbocycles. The number of aromatic nitrogens is 2. The predicted octanol–water partition coefficient (Wildman–Crippen LogP) is 2.85. The van der Waals surface area contributed by atoms with Gasteiger partial charge in [-0.15, -0.1) is 0 Å². The minimum atomic E-state index is -3.51. The number of nitrogens with zero attached hydrogens (tertiary/aromatic N) is 1. The van der Waals surface area contributed by atoms with E-state index in [0.29, 0.717) is 23.9 Å². The Hall–Kier alpha value is -0.700. The lowest BCUT2D eigenvalue weighted by Gasteiger charge is -2.08. The van der Waals surface area contributed by atoms with Gasteiger partial charge in [0.2, 0.25) is 10.0 Å². The Labute approximate surface area is 134 Å². The van der Waals surface area contributed by atoms with Gasteiger partial charge >= 0.3 is 0 Å². The lowest BCUT2D eigenvalue weighted by atomic mass is 10.3. The van der Waals surface area contributed by atoms with Crippen LogP contribution in [0.25, 0.3) is 0 Å². The van der Waals surface area contributed by atoms with E-state index in [1.807, 2.05) is 0 Å². The van der Waals surface area contributed by atoms with Crippen LogP contribution in [0, 0.1) is 0 Å². The fraction of sp³-hybridized carbons (Fsp3) is 0.250. The lowest BCUT2D eigenvalue weighted by molar-refractivity contribution is 0.578. The second kappa shape index (κ2) is 6.84. The monoisotopic (exact) mass is 421 g/mol. The van der Waals surface area contributed by atoms with Gasteiger partial charge in [0, 0.05) is 34.3 Å². The number of sulfonamides is 1. The maximum absolute atomic E-state index is 12.2. The zero-order valence-corrected chi connectivity index (χ0v) is 14.4. The Morgan fingerprint density at radius 2 is 2.10 bits per heavy atom. The fourth-order valence-electron chi connectivity index (χ4n) is 1.66. The largest absolute Gasteiger partial charge is 0.349 e. The van der Waals surface area contributed by atoms with Gasteiger partial charge in [0.1, 0.15) is 5.82 Å². The zero-order chi connectivity index (χ0) is 14.6. The van der Waals surface area contributed by atoms with Crippen molar-refractivity contribution < 1.29 is 8.42 Å². The van der Waals surface area contributed by atoms with Crippen LogP contribution in [0.5, 0.6) is 0 Å². The normalized spacial score (nSPS) is 11.7. The Morgan fingerprint density at radius 3 is 2.80 bits per heavy atom. The van der Waals surface area contributed by atoms with Crippen molar-refractivity contribution >= 4 is 41.9 Å². The molecule has 0 aliphatic rings. The molecule has 0 bridgehead atoms. The SMILES string of the molecule is O=S(=O)(NCCCc1ncc[nH]1)c1cc(Br)ccc1Br. The summed E-state index contributed by atoms with van der Waals surface area (Å²) in [6, 6.07) is 5.04. The van der Waals surface area contributed by atoms with E-state index in [1.165, 1.54) is 0 Å². The van der Waals surface area contributed by atoms with Gasteiger partial charge in [0.15, 0.2) is 0 Å². The molecule has 1 aromatic carbocycles. The number of rotatable bonds is 6. The molecule has 1 aromatic heterocycles. The second-order valence-electron chi connectivity index (χ2n) is 4.11. The van der Waals surface area contributed by atoms with Gasteiger partial charge in [-0.2, -0.15) is 0 Å². The average molecular weight is 423 g/mol. The van der Waals surface area contributed by atoms with E-state index >= 15 is 0 Å². The lowest BCUT2D eigenvalue weighted by Crippen LogP contribution is -2.25. The molecule has 2 aromatic rings. The Kier molecular flexibility index (Phi) is 5.36. The third kappa shape index (κ3) is 4.15. The number of halogens is 2. The van der Waals surface area contributed by atoms with Crippen molar-refractivity contribution in [1.82, 2.24) is 14.7 Å². The van der Waals surface area contributed by atoms with Gasteiger partial charge in [0.25, 0.3) is 0 Å². The minimum Gasteiger partial charge on any atom is -0.349 e. The second-order valence-corrected chi connectivity index (χ2v) is 7.62. The number of benzene rings is 1. The van der Waals surface area contributed by atoms with Gasteiger partial charge in [-0.25, -0.2) is 18.1 Å². The first-order valence-electron chi connectivity index (χ1n) is 5.92. The van der Waals surface area contributed by atoms with Crippen molar-refractivity contribution in [2.24, 2.45) is 0 Å². The van der Waals surface area contributed by atoms with Crippen LogP contribution in [0.1, 0.15) is 12.2 Å². The molecule has 0 atom stereocenters. The van der Waals surface area contributed by atoms with E-state index in [0.717, 1.165) is 10.3 Å². The van der Waals surface area contributed by atoms with Crippen molar-refractivity contribution in [3.63, 3.8) is 0 Å². The topological polar surface area (TPSA) is 74.8 Å². The summed E-state index contributed by atoms with van der Waals surface area (Å²) in [6.07, 6.45) is 4.81. The quantitative estimate of drug-likeness (QED) is 0.702. The van der Waals surface area contributed by atoms with Crippen molar-refractivity contribution in [2.75, 3.05) is 6.54 Å². The summed E-state index contributed by atoms with van der Waals surface area (Å²) in [7, 11) is -3.51. The fourth-order valence-corrected chi connectivity index (χ4v) is 4.23. The van der Waals surface area contributed by atoms with E-state index in [-0.39, 0.29) is 4.90 Å². The Morgan fingerprint density at radius 1 is 1.30 bits per heavy atom. The van der Waals surface area contributed by atoms with Gasteiger partial charge in [0.05, 0.1) is 4.90 Å². The number of aromatic amines is 1. The van der Waals surface area contributed by atoms with Crippen LogP contribution >= 0.6 is 31.9 Å². The molecule has 20 heavy (non-hydrogen) atoms. The molecule has 0 radical (unpaired) electrons. The minimum absolute atomic E-state index is 0.227. The number of aryl methyl sites for hydroxylation is 1. The first-order valence-corrected chi connectivity index (χ1v) is 8.99. The Balaban J connectivity index is 1.95. The van der Waals surface area contributed by atoms with Crippen LogP contribution in [0.4, 0.5) is 0 Å². The van der Waals surface area contributed by atoms with E-state index in [4.69, 9.17) is 0 Å². The molecule has 8 heteroatoms. The molecule has 5 nitrogen and oxygen atoms in total. The summed E-state index contributed by atoms with van der Waals surface area (Å²) in [5.74, 6) is 0.854. The molecule has 0 amide bonds. The maximum Gasteiger partial charge on any atom is 0.241 e.